The van der Waals surface area contributed by atoms with Gasteiger partial charge in [0.25, 0.3) is 0 Å². The zero-order chi connectivity index (χ0) is 14.5. The smallest absolute Gasteiger partial charge is 0.246 e. The third kappa shape index (κ3) is 3.08. The predicted octanol–water partition coefficient (Wildman–Crippen LogP) is 0.0493. The van der Waals surface area contributed by atoms with Crippen LogP contribution in [0.3, 0.4) is 0 Å². The molecule has 1 aliphatic heterocycles. The molecule has 20 heavy (non-hydrogen) atoms. The monoisotopic (exact) mass is 277 g/mol. The Hall–Kier alpha value is -2.08. The number of anilines is 1. The molecule has 6 nitrogen and oxygen atoms in total. The fraction of sp³-hybridized carbons (Fsp3) is 0.429. The number of carbonyl (C=O) groups is 2. The standard InChI is InChI=1S/C14H19N3O3/c1-20-11-4-5-12-10(7-11)3-2-6-17(12)14(19)9-16-13(18)8-15/h4-5,7H,2-3,6,8-9,15H2,1H3,(H,16,18). The highest BCUT2D eigenvalue weighted by Crippen LogP contribution is 2.30. The fourth-order valence-electron chi connectivity index (χ4n) is 2.30. The zero-order valence-corrected chi connectivity index (χ0v) is 11.5. The molecule has 1 aromatic carbocycles. The van der Waals surface area contributed by atoms with Crippen molar-refractivity contribution in [2.24, 2.45) is 5.73 Å². The molecule has 3 N–H and O–H groups in total. The Morgan fingerprint density at radius 2 is 2.25 bits per heavy atom. The number of nitrogens with two attached hydrogens (primary N) is 1. The third-order valence-corrected chi connectivity index (χ3v) is 3.33. The maximum absolute atomic E-state index is 12.2. The number of carbonyl (C=O) groups excluding carboxylic acids is 2. The van der Waals surface area contributed by atoms with Crippen LogP contribution in [0, 0.1) is 0 Å². The second-order valence-corrected chi connectivity index (χ2v) is 4.62. The summed E-state index contributed by atoms with van der Waals surface area (Å²) in [6.07, 6.45) is 1.82. The Kier molecular flexibility index (Phi) is 4.57. The van der Waals surface area contributed by atoms with E-state index in [4.69, 9.17) is 10.5 Å². The molecule has 1 aliphatic rings. The van der Waals surface area contributed by atoms with Gasteiger partial charge < -0.3 is 20.7 Å². The minimum absolute atomic E-state index is 0.0263. The number of nitrogens with zero attached hydrogens (tertiary/aromatic N) is 1. The quantitative estimate of drug-likeness (QED) is 0.814. The summed E-state index contributed by atoms with van der Waals surface area (Å²) in [4.78, 5) is 25.0. The predicted molar refractivity (Wildman–Crippen MR) is 75.7 cm³/mol. The van der Waals surface area contributed by atoms with E-state index in [-0.39, 0.29) is 24.9 Å². The van der Waals surface area contributed by atoms with Crippen LogP contribution in [0.15, 0.2) is 18.2 Å². The molecule has 0 spiro atoms. The van der Waals surface area contributed by atoms with Crippen molar-refractivity contribution in [3.63, 3.8) is 0 Å². The van der Waals surface area contributed by atoms with Gasteiger partial charge in [-0.05, 0) is 36.6 Å². The summed E-state index contributed by atoms with van der Waals surface area (Å²) in [5, 5.41) is 2.50. The number of methoxy groups -OCH3 is 1. The van der Waals surface area contributed by atoms with Gasteiger partial charge in [-0.3, -0.25) is 9.59 Å². The van der Waals surface area contributed by atoms with E-state index in [9.17, 15) is 9.59 Å². The number of nitrogens with one attached hydrogen (secondary N) is 1. The SMILES string of the molecule is COc1ccc2c(c1)CCCN2C(=O)CNC(=O)CN. The van der Waals surface area contributed by atoms with Crippen LogP contribution in [-0.4, -0.2) is 38.6 Å². The Morgan fingerprint density at radius 1 is 1.45 bits per heavy atom. The molecular weight excluding hydrogens is 258 g/mol. The molecule has 0 bridgehead atoms. The minimum atomic E-state index is -0.328. The van der Waals surface area contributed by atoms with Gasteiger partial charge in [0.15, 0.2) is 0 Å². The summed E-state index contributed by atoms with van der Waals surface area (Å²) < 4.78 is 5.20. The summed E-state index contributed by atoms with van der Waals surface area (Å²) >= 11 is 0. The molecule has 2 amide bonds. The van der Waals surface area contributed by atoms with Crippen LogP contribution in [0.4, 0.5) is 5.69 Å². The van der Waals surface area contributed by atoms with Gasteiger partial charge in [-0.25, -0.2) is 0 Å². The van der Waals surface area contributed by atoms with E-state index in [1.165, 1.54) is 0 Å². The molecule has 0 fully saturated rings. The van der Waals surface area contributed by atoms with Crippen LogP contribution in [0.5, 0.6) is 5.75 Å². The normalized spacial score (nSPS) is 13.6. The van der Waals surface area contributed by atoms with E-state index in [0.29, 0.717) is 6.54 Å². The molecule has 6 heteroatoms. The van der Waals surface area contributed by atoms with Crippen molar-refractivity contribution in [3.05, 3.63) is 23.8 Å². The average Bonchev–Trinajstić information content (AvgIpc) is 2.50. The van der Waals surface area contributed by atoms with Crippen molar-refractivity contribution in [1.29, 1.82) is 0 Å². The van der Waals surface area contributed by atoms with Gasteiger partial charge in [0, 0.05) is 12.2 Å². The van der Waals surface area contributed by atoms with Crippen molar-refractivity contribution in [3.8, 4) is 5.75 Å². The highest BCUT2D eigenvalue weighted by molar-refractivity contribution is 5.97. The van der Waals surface area contributed by atoms with Crippen LogP contribution in [0.25, 0.3) is 0 Å². The first-order valence-corrected chi connectivity index (χ1v) is 6.59. The van der Waals surface area contributed by atoms with Crippen LogP contribution < -0.4 is 20.7 Å². The van der Waals surface area contributed by atoms with E-state index >= 15 is 0 Å². The third-order valence-electron chi connectivity index (χ3n) is 3.33. The van der Waals surface area contributed by atoms with E-state index < -0.39 is 0 Å². The largest absolute Gasteiger partial charge is 0.497 e. The molecule has 0 aromatic heterocycles. The van der Waals surface area contributed by atoms with Crippen molar-refractivity contribution in [1.82, 2.24) is 5.32 Å². The number of fused-ring (bicyclic) bond motifs is 1. The summed E-state index contributed by atoms with van der Waals surface area (Å²) in [5.41, 5.74) is 7.18. The molecule has 0 aliphatic carbocycles. The lowest BCUT2D eigenvalue weighted by Gasteiger charge is -2.29. The maximum atomic E-state index is 12.2. The number of ether oxygens (including phenoxy) is 1. The number of benzene rings is 1. The first-order valence-electron chi connectivity index (χ1n) is 6.59. The van der Waals surface area contributed by atoms with Gasteiger partial charge in [-0.1, -0.05) is 0 Å². The molecule has 108 valence electrons. The Bertz CT molecular complexity index is 516. The summed E-state index contributed by atoms with van der Waals surface area (Å²) in [6, 6.07) is 5.67. The lowest BCUT2D eigenvalue weighted by Crippen LogP contribution is -2.43. The van der Waals surface area contributed by atoms with Gasteiger partial charge >= 0.3 is 0 Å². The summed E-state index contributed by atoms with van der Waals surface area (Å²) in [6.45, 7) is 0.527. The number of aryl methyl sites for hydroxylation is 1. The first kappa shape index (κ1) is 14.3. The number of hydrogen-bond donors (Lipinski definition) is 2. The molecule has 1 aromatic rings. The van der Waals surface area contributed by atoms with Crippen molar-refractivity contribution < 1.29 is 14.3 Å². The molecule has 0 saturated heterocycles. The van der Waals surface area contributed by atoms with E-state index in [2.05, 4.69) is 5.32 Å². The molecule has 0 saturated carbocycles. The van der Waals surface area contributed by atoms with E-state index in [1.54, 1.807) is 12.0 Å². The van der Waals surface area contributed by atoms with Crippen molar-refractivity contribution >= 4 is 17.5 Å². The lowest BCUT2D eigenvalue weighted by molar-refractivity contribution is -0.124. The van der Waals surface area contributed by atoms with Crippen LogP contribution >= 0.6 is 0 Å². The van der Waals surface area contributed by atoms with Gasteiger partial charge in [0.2, 0.25) is 11.8 Å². The zero-order valence-electron chi connectivity index (χ0n) is 11.5. The Labute approximate surface area is 117 Å². The molecular formula is C14H19N3O3. The highest BCUT2D eigenvalue weighted by atomic mass is 16.5. The molecule has 0 radical (unpaired) electrons. The van der Waals surface area contributed by atoms with Gasteiger partial charge in [-0.2, -0.15) is 0 Å². The summed E-state index contributed by atoms with van der Waals surface area (Å²) in [7, 11) is 1.62. The summed E-state index contributed by atoms with van der Waals surface area (Å²) in [5.74, 6) is 0.331. The maximum Gasteiger partial charge on any atom is 0.246 e. The molecule has 1 heterocycles. The second kappa shape index (κ2) is 6.38. The topological polar surface area (TPSA) is 84.7 Å². The van der Waals surface area contributed by atoms with Crippen LogP contribution in [-0.2, 0) is 16.0 Å². The Morgan fingerprint density at radius 3 is 2.95 bits per heavy atom. The number of hydrogen-bond acceptors (Lipinski definition) is 4. The second-order valence-electron chi connectivity index (χ2n) is 4.62. The van der Waals surface area contributed by atoms with Gasteiger partial charge in [0.05, 0.1) is 20.2 Å². The van der Waals surface area contributed by atoms with Gasteiger partial charge in [-0.15, -0.1) is 0 Å². The minimum Gasteiger partial charge on any atom is -0.497 e. The van der Waals surface area contributed by atoms with Crippen LogP contribution in [0.2, 0.25) is 0 Å². The highest BCUT2D eigenvalue weighted by Gasteiger charge is 2.22. The van der Waals surface area contributed by atoms with E-state index in [1.807, 2.05) is 18.2 Å². The average molecular weight is 277 g/mol. The van der Waals surface area contributed by atoms with Gasteiger partial charge in [0.1, 0.15) is 5.75 Å². The van der Waals surface area contributed by atoms with Crippen molar-refractivity contribution in [2.45, 2.75) is 12.8 Å². The van der Waals surface area contributed by atoms with Crippen LogP contribution in [0.1, 0.15) is 12.0 Å². The number of amides is 2. The number of rotatable bonds is 4. The first-order chi connectivity index (χ1) is 9.65. The molecule has 0 atom stereocenters. The van der Waals surface area contributed by atoms with E-state index in [0.717, 1.165) is 29.8 Å². The van der Waals surface area contributed by atoms with Crippen molar-refractivity contribution in [2.75, 3.05) is 31.6 Å². The fourth-order valence-corrected chi connectivity index (χ4v) is 2.30. The lowest BCUT2D eigenvalue weighted by atomic mass is 10.0. The Balaban J connectivity index is 2.11. The molecule has 0 unspecified atom stereocenters. The molecule has 2 rings (SSSR count).